The highest BCUT2D eigenvalue weighted by molar-refractivity contribution is 6.28. The first kappa shape index (κ1) is 20.9. The third-order valence-corrected chi connectivity index (χ3v) is 7.68. The second-order valence-corrected chi connectivity index (χ2v) is 9.68. The van der Waals surface area contributed by atoms with Gasteiger partial charge in [-0.1, -0.05) is 97.1 Å². The van der Waals surface area contributed by atoms with E-state index in [0.717, 1.165) is 43.8 Å². The molecule has 0 aliphatic heterocycles. The van der Waals surface area contributed by atoms with Crippen LogP contribution < -0.4 is 0 Å². The van der Waals surface area contributed by atoms with E-state index in [-0.39, 0.29) is 11.6 Å². The molecule has 176 valence electrons. The third-order valence-electron chi connectivity index (χ3n) is 7.68. The van der Waals surface area contributed by atoms with E-state index >= 15 is 0 Å². The van der Waals surface area contributed by atoms with Crippen molar-refractivity contribution in [3.8, 4) is 22.3 Å². The molecule has 0 amide bonds. The zero-order valence-corrected chi connectivity index (χ0v) is 20.1. The Morgan fingerprint density at radius 1 is 0.368 bits per heavy atom. The monoisotopic (exact) mass is 486 g/mol. The second-order valence-electron chi connectivity index (χ2n) is 9.68. The number of carbonyl (C=O) groups is 2. The number of hydrogen-bond donors (Lipinski definition) is 0. The van der Waals surface area contributed by atoms with Crippen LogP contribution in [-0.4, -0.2) is 11.6 Å². The standard InChI is InChI=1S/C34H18N2O2/c37-33-23-11-3-1-9-21(23)31-27(17-15-19-7-5-13-25(33)29(19)31)35-36-28-18-16-20-8-6-14-26-30(20)32(28)22-10-2-4-12-24(22)34(26)38/h1-18H. The minimum Gasteiger partial charge on any atom is -0.289 e. The average molecular weight is 487 g/mol. The molecule has 6 aromatic carbocycles. The van der Waals surface area contributed by atoms with Crippen LogP contribution in [0.5, 0.6) is 0 Å². The first-order valence-electron chi connectivity index (χ1n) is 12.5. The highest BCUT2D eigenvalue weighted by atomic mass is 16.1. The molecule has 0 fully saturated rings. The normalized spacial score (nSPS) is 13.3. The predicted octanol–water partition coefficient (Wildman–Crippen LogP) is 8.83. The van der Waals surface area contributed by atoms with Crippen LogP contribution in [0.4, 0.5) is 11.4 Å². The summed E-state index contributed by atoms with van der Waals surface area (Å²) in [5, 5.41) is 13.4. The Hall–Kier alpha value is -5.22. The molecular formula is C34H18N2O2. The minimum atomic E-state index is 0.0283. The van der Waals surface area contributed by atoms with E-state index < -0.39 is 0 Å². The number of fused-ring (bicyclic) bond motifs is 4. The summed E-state index contributed by atoms with van der Waals surface area (Å²) in [5.41, 5.74) is 7.70. The minimum absolute atomic E-state index is 0.0283. The Morgan fingerprint density at radius 3 is 1.21 bits per heavy atom. The molecule has 38 heavy (non-hydrogen) atoms. The molecule has 0 atom stereocenters. The fraction of sp³-hybridized carbons (Fsp3) is 0. The topological polar surface area (TPSA) is 58.9 Å². The number of ketones is 2. The summed E-state index contributed by atoms with van der Waals surface area (Å²) >= 11 is 0. The van der Waals surface area contributed by atoms with Crippen molar-refractivity contribution in [1.82, 2.24) is 0 Å². The Bertz CT molecular complexity index is 1920. The first-order chi connectivity index (χ1) is 18.7. The Morgan fingerprint density at radius 2 is 0.763 bits per heavy atom. The van der Waals surface area contributed by atoms with Gasteiger partial charge in [-0.3, -0.25) is 9.59 Å². The molecule has 0 bridgehead atoms. The number of azo groups is 1. The quantitative estimate of drug-likeness (QED) is 0.229. The predicted molar refractivity (Wildman–Crippen MR) is 150 cm³/mol. The summed E-state index contributed by atoms with van der Waals surface area (Å²) < 4.78 is 0. The van der Waals surface area contributed by atoms with E-state index in [1.165, 1.54) is 0 Å². The molecule has 4 nitrogen and oxygen atoms in total. The Kier molecular flexibility index (Phi) is 4.21. The Labute approximate surface area is 217 Å². The van der Waals surface area contributed by atoms with Gasteiger partial charge >= 0.3 is 0 Å². The molecule has 0 spiro atoms. The van der Waals surface area contributed by atoms with Gasteiger partial charge in [-0.2, -0.15) is 0 Å². The molecule has 2 aliphatic rings. The van der Waals surface area contributed by atoms with Gasteiger partial charge in [0.2, 0.25) is 0 Å². The van der Waals surface area contributed by atoms with Crippen molar-refractivity contribution in [2.45, 2.75) is 0 Å². The van der Waals surface area contributed by atoms with Crippen LogP contribution in [0.15, 0.2) is 119 Å². The summed E-state index contributed by atoms with van der Waals surface area (Å²) in [6, 6.07) is 34.9. The van der Waals surface area contributed by atoms with E-state index in [1.54, 1.807) is 0 Å². The lowest BCUT2D eigenvalue weighted by Crippen LogP contribution is -2.10. The molecule has 4 heteroatoms. The van der Waals surface area contributed by atoms with Gasteiger partial charge in [0.15, 0.2) is 11.6 Å². The van der Waals surface area contributed by atoms with Crippen molar-refractivity contribution >= 4 is 44.5 Å². The highest BCUT2D eigenvalue weighted by Crippen LogP contribution is 2.47. The fourth-order valence-corrected chi connectivity index (χ4v) is 6.02. The van der Waals surface area contributed by atoms with Crippen molar-refractivity contribution < 1.29 is 9.59 Å². The van der Waals surface area contributed by atoms with Crippen molar-refractivity contribution in [3.63, 3.8) is 0 Å². The third kappa shape index (κ3) is 2.74. The summed E-state index contributed by atoms with van der Waals surface area (Å²) in [6.45, 7) is 0. The Balaban J connectivity index is 1.39. The average Bonchev–Trinajstić information content (AvgIpc) is 2.97. The number of hydrogen-bond acceptors (Lipinski definition) is 4. The lowest BCUT2D eigenvalue weighted by molar-refractivity contribution is 0.103. The smallest absolute Gasteiger partial charge is 0.194 e. The van der Waals surface area contributed by atoms with Gasteiger partial charge < -0.3 is 0 Å². The van der Waals surface area contributed by atoms with Crippen LogP contribution in [-0.2, 0) is 0 Å². The molecule has 0 saturated carbocycles. The zero-order valence-electron chi connectivity index (χ0n) is 20.1. The SMILES string of the molecule is O=C1c2ccccc2-c2c(N=Nc3ccc4cccc5c4c3-c3ccccc3C5=O)ccc3cccc1c23. The van der Waals surface area contributed by atoms with E-state index in [1.807, 2.05) is 109 Å². The van der Waals surface area contributed by atoms with E-state index in [0.29, 0.717) is 33.6 Å². The van der Waals surface area contributed by atoms with E-state index in [4.69, 9.17) is 10.2 Å². The van der Waals surface area contributed by atoms with Gasteiger partial charge in [-0.15, -0.1) is 10.2 Å². The molecule has 2 aliphatic carbocycles. The first-order valence-corrected chi connectivity index (χ1v) is 12.5. The largest absolute Gasteiger partial charge is 0.289 e. The molecule has 0 radical (unpaired) electrons. The summed E-state index contributed by atoms with van der Waals surface area (Å²) in [7, 11) is 0. The van der Waals surface area contributed by atoms with Gasteiger partial charge in [-0.25, -0.2) is 0 Å². The molecule has 0 saturated heterocycles. The maximum atomic E-state index is 13.3. The van der Waals surface area contributed by atoms with Gasteiger partial charge in [0, 0.05) is 44.2 Å². The second kappa shape index (κ2) is 7.64. The van der Waals surface area contributed by atoms with Crippen LogP contribution in [0.3, 0.4) is 0 Å². The van der Waals surface area contributed by atoms with Gasteiger partial charge in [0.25, 0.3) is 0 Å². The van der Waals surface area contributed by atoms with Crippen LogP contribution in [0, 0.1) is 0 Å². The van der Waals surface area contributed by atoms with E-state index in [2.05, 4.69) is 0 Å². The van der Waals surface area contributed by atoms with Crippen molar-refractivity contribution in [3.05, 3.63) is 131 Å². The van der Waals surface area contributed by atoms with Crippen LogP contribution >= 0.6 is 0 Å². The molecule has 6 aromatic rings. The summed E-state index contributed by atoms with van der Waals surface area (Å²) in [4.78, 5) is 26.6. The van der Waals surface area contributed by atoms with Crippen molar-refractivity contribution in [1.29, 1.82) is 0 Å². The molecule has 0 unspecified atom stereocenters. The summed E-state index contributed by atoms with van der Waals surface area (Å²) in [5.74, 6) is 0.0566. The molecular weight excluding hydrogens is 468 g/mol. The molecule has 0 aromatic heterocycles. The lowest BCUT2D eigenvalue weighted by Gasteiger charge is -2.21. The lowest BCUT2D eigenvalue weighted by atomic mass is 9.82. The van der Waals surface area contributed by atoms with Crippen molar-refractivity contribution in [2.24, 2.45) is 10.2 Å². The van der Waals surface area contributed by atoms with Gasteiger partial charge in [0.05, 0.1) is 11.4 Å². The zero-order chi connectivity index (χ0) is 25.4. The number of rotatable bonds is 2. The highest BCUT2D eigenvalue weighted by Gasteiger charge is 2.28. The van der Waals surface area contributed by atoms with Gasteiger partial charge in [-0.05, 0) is 34.0 Å². The molecule has 8 rings (SSSR count). The maximum absolute atomic E-state index is 13.3. The van der Waals surface area contributed by atoms with Crippen LogP contribution in [0.2, 0.25) is 0 Å². The summed E-state index contributed by atoms with van der Waals surface area (Å²) in [6.07, 6.45) is 0. The van der Waals surface area contributed by atoms with Gasteiger partial charge in [0.1, 0.15) is 0 Å². The number of carbonyl (C=O) groups excluding carboxylic acids is 2. The van der Waals surface area contributed by atoms with Crippen molar-refractivity contribution in [2.75, 3.05) is 0 Å². The van der Waals surface area contributed by atoms with Crippen LogP contribution in [0.25, 0.3) is 43.8 Å². The number of benzene rings is 6. The fourth-order valence-electron chi connectivity index (χ4n) is 6.02. The maximum Gasteiger partial charge on any atom is 0.194 e. The van der Waals surface area contributed by atoms with E-state index in [9.17, 15) is 9.59 Å². The molecule has 0 N–H and O–H groups in total. The number of nitrogens with zero attached hydrogens (tertiary/aromatic N) is 2. The molecule has 0 heterocycles. The van der Waals surface area contributed by atoms with Crippen LogP contribution in [0.1, 0.15) is 31.8 Å².